The van der Waals surface area contributed by atoms with Crippen molar-refractivity contribution in [1.82, 2.24) is 24.5 Å². The Morgan fingerprint density at radius 2 is 1.89 bits per heavy atom. The SMILES string of the molecule is CC(NC(=O)c1c(N)nn2cccnc12)c1cc2cccc(OCC(F)(F)F)c2c(=O)n1-c1ccccc1. The lowest BCUT2D eigenvalue weighted by Gasteiger charge is -2.21. The van der Waals surface area contributed by atoms with Gasteiger partial charge in [0.25, 0.3) is 11.5 Å². The Hall–Kier alpha value is -4.87. The number of hydrogen-bond donors (Lipinski definition) is 2. The molecule has 38 heavy (non-hydrogen) atoms. The normalized spacial score (nSPS) is 12.5. The number of benzene rings is 2. The lowest BCUT2D eigenvalue weighted by molar-refractivity contribution is -0.153. The number of alkyl halides is 3. The maximum Gasteiger partial charge on any atom is 0.422 e. The molecule has 0 aliphatic carbocycles. The molecule has 3 aromatic heterocycles. The summed E-state index contributed by atoms with van der Waals surface area (Å²) in [7, 11) is 0. The summed E-state index contributed by atoms with van der Waals surface area (Å²) >= 11 is 0. The molecule has 0 aliphatic rings. The Balaban J connectivity index is 1.62. The van der Waals surface area contributed by atoms with Crippen LogP contribution in [-0.2, 0) is 0 Å². The topological polar surface area (TPSA) is 117 Å². The van der Waals surface area contributed by atoms with Crippen LogP contribution in [0.3, 0.4) is 0 Å². The van der Waals surface area contributed by atoms with E-state index in [2.05, 4.69) is 15.4 Å². The van der Waals surface area contributed by atoms with Crippen molar-refractivity contribution in [2.45, 2.75) is 19.1 Å². The predicted molar refractivity (Wildman–Crippen MR) is 134 cm³/mol. The molecule has 0 aliphatic heterocycles. The third-order valence-electron chi connectivity index (χ3n) is 5.88. The van der Waals surface area contributed by atoms with Gasteiger partial charge in [0.05, 0.1) is 11.4 Å². The minimum Gasteiger partial charge on any atom is -0.483 e. The number of halogens is 3. The first kappa shape index (κ1) is 24.8. The fraction of sp³-hybridized carbons (Fsp3) is 0.154. The number of fused-ring (bicyclic) bond motifs is 2. The van der Waals surface area contributed by atoms with Gasteiger partial charge in [-0.1, -0.05) is 30.3 Å². The molecule has 9 nitrogen and oxygen atoms in total. The predicted octanol–water partition coefficient (Wildman–Crippen LogP) is 4.05. The molecular weight excluding hydrogens is 501 g/mol. The van der Waals surface area contributed by atoms with Crippen LogP contribution in [-0.4, -0.2) is 37.9 Å². The number of carbonyl (C=O) groups excluding carboxylic acids is 1. The van der Waals surface area contributed by atoms with Crippen molar-refractivity contribution in [2.24, 2.45) is 0 Å². The number of nitrogens with zero attached hydrogens (tertiary/aromatic N) is 4. The van der Waals surface area contributed by atoms with Gasteiger partial charge in [-0.05, 0) is 42.6 Å². The lowest BCUT2D eigenvalue weighted by atomic mass is 10.1. The molecule has 2 aromatic carbocycles. The number of amides is 1. The number of carbonyl (C=O) groups is 1. The van der Waals surface area contributed by atoms with Gasteiger partial charge < -0.3 is 15.8 Å². The Morgan fingerprint density at radius 3 is 2.63 bits per heavy atom. The minimum atomic E-state index is -4.58. The average Bonchev–Trinajstić information content (AvgIpc) is 3.23. The monoisotopic (exact) mass is 522 g/mol. The Morgan fingerprint density at radius 1 is 1.13 bits per heavy atom. The minimum absolute atomic E-state index is 0.0149. The van der Waals surface area contributed by atoms with E-state index in [9.17, 15) is 22.8 Å². The molecule has 194 valence electrons. The van der Waals surface area contributed by atoms with Crippen molar-refractivity contribution < 1.29 is 22.7 Å². The smallest absolute Gasteiger partial charge is 0.422 e. The number of hydrogen-bond acceptors (Lipinski definition) is 6. The molecule has 0 saturated carbocycles. The number of nitrogens with two attached hydrogens (primary N) is 1. The van der Waals surface area contributed by atoms with E-state index >= 15 is 0 Å². The zero-order valence-corrected chi connectivity index (χ0v) is 19.9. The summed E-state index contributed by atoms with van der Waals surface area (Å²) in [6.45, 7) is 0.136. The van der Waals surface area contributed by atoms with E-state index in [1.165, 1.54) is 27.4 Å². The van der Waals surface area contributed by atoms with Gasteiger partial charge in [-0.2, -0.15) is 13.2 Å². The zero-order valence-electron chi connectivity index (χ0n) is 19.9. The molecule has 1 atom stereocenters. The Kier molecular flexibility index (Phi) is 6.23. The third-order valence-corrected chi connectivity index (χ3v) is 5.88. The standard InChI is InChI=1S/C26H21F3N6O3/c1-15(32-24(36)21-22(30)33-34-12-6-11-31-23(21)34)18-13-16-7-5-10-19(38-14-26(27,28)29)20(16)25(37)35(18)17-8-3-2-4-9-17/h2-13,15H,14H2,1H3,(H2,30,33)(H,32,36). The second-order valence-corrected chi connectivity index (χ2v) is 8.51. The van der Waals surface area contributed by atoms with Gasteiger partial charge >= 0.3 is 6.18 Å². The van der Waals surface area contributed by atoms with E-state index in [0.29, 0.717) is 16.8 Å². The highest BCUT2D eigenvalue weighted by Gasteiger charge is 2.29. The van der Waals surface area contributed by atoms with Crippen molar-refractivity contribution in [2.75, 3.05) is 12.3 Å². The number of para-hydroxylation sites is 1. The van der Waals surface area contributed by atoms with E-state index in [1.807, 2.05) is 0 Å². The number of ether oxygens (including phenoxy) is 1. The van der Waals surface area contributed by atoms with Gasteiger partial charge in [0.15, 0.2) is 18.1 Å². The van der Waals surface area contributed by atoms with E-state index in [1.54, 1.807) is 61.7 Å². The number of pyridine rings is 1. The number of anilines is 1. The number of aromatic nitrogens is 4. The molecule has 1 unspecified atom stereocenters. The molecule has 0 spiro atoms. The molecule has 0 bridgehead atoms. The van der Waals surface area contributed by atoms with E-state index < -0.39 is 30.3 Å². The van der Waals surface area contributed by atoms with Crippen LogP contribution in [0.1, 0.15) is 29.0 Å². The molecule has 12 heteroatoms. The van der Waals surface area contributed by atoms with E-state index in [-0.39, 0.29) is 28.2 Å². The zero-order chi connectivity index (χ0) is 27.0. The molecule has 5 aromatic rings. The highest BCUT2D eigenvalue weighted by molar-refractivity contribution is 6.04. The van der Waals surface area contributed by atoms with Gasteiger partial charge in [-0.25, -0.2) is 9.50 Å². The second kappa shape index (κ2) is 9.54. The number of nitrogens with one attached hydrogen (secondary N) is 1. The average molecular weight is 522 g/mol. The van der Waals surface area contributed by atoms with Crippen molar-refractivity contribution >= 4 is 28.1 Å². The van der Waals surface area contributed by atoms with Crippen molar-refractivity contribution in [3.8, 4) is 11.4 Å². The van der Waals surface area contributed by atoms with Crippen molar-refractivity contribution in [3.63, 3.8) is 0 Å². The summed E-state index contributed by atoms with van der Waals surface area (Å²) in [6, 6.07) is 15.5. The molecule has 0 radical (unpaired) electrons. The first-order chi connectivity index (χ1) is 18.1. The van der Waals surface area contributed by atoms with Crippen molar-refractivity contribution in [1.29, 1.82) is 0 Å². The van der Waals surface area contributed by atoms with Crippen LogP contribution in [0.15, 0.2) is 77.9 Å². The summed E-state index contributed by atoms with van der Waals surface area (Å²) < 4.78 is 46.3. The van der Waals surface area contributed by atoms with E-state index in [0.717, 1.165) is 0 Å². The van der Waals surface area contributed by atoms with Gasteiger partial charge in [0, 0.05) is 23.8 Å². The van der Waals surface area contributed by atoms with E-state index in [4.69, 9.17) is 10.5 Å². The first-order valence-corrected chi connectivity index (χ1v) is 11.5. The van der Waals surface area contributed by atoms with Gasteiger partial charge in [-0.15, -0.1) is 5.10 Å². The summed E-state index contributed by atoms with van der Waals surface area (Å²) in [6.07, 6.45) is -1.46. The van der Waals surface area contributed by atoms with Gasteiger partial charge in [-0.3, -0.25) is 14.2 Å². The van der Waals surface area contributed by atoms with Crippen LogP contribution in [0.5, 0.6) is 5.75 Å². The molecule has 3 N–H and O–H groups in total. The second-order valence-electron chi connectivity index (χ2n) is 8.51. The third kappa shape index (κ3) is 4.63. The summed E-state index contributed by atoms with van der Waals surface area (Å²) in [5.74, 6) is -0.764. The first-order valence-electron chi connectivity index (χ1n) is 11.5. The quantitative estimate of drug-likeness (QED) is 0.348. The maximum atomic E-state index is 13.8. The Bertz CT molecular complexity index is 1710. The van der Waals surface area contributed by atoms with Gasteiger partial charge in [0.2, 0.25) is 0 Å². The van der Waals surface area contributed by atoms with Crippen LogP contribution >= 0.6 is 0 Å². The summed E-state index contributed by atoms with van der Waals surface area (Å²) in [5, 5.41) is 7.28. The highest BCUT2D eigenvalue weighted by Crippen LogP contribution is 2.29. The molecular formula is C26H21F3N6O3. The summed E-state index contributed by atoms with van der Waals surface area (Å²) in [4.78, 5) is 31.2. The fourth-order valence-corrected chi connectivity index (χ4v) is 4.26. The molecule has 1 amide bonds. The highest BCUT2D eigenvalue weighted by atomic mass is 19.4. The van der Waals surface area contributed by atoms with Crippen LogP contribution < -0.4 is 21.3 Å². The fourth-order valence-electron chi connectivity index (χ4n) is 4.26. The molecule has 3 heterocycles. The number of rotatable bonds is 6. The van der Waals surface area contributed by atoms with Gasteiger partial charge in [0.1, 0.15) is 11.3 Å². The lowest BCUT2D eigenvalue weighted by Crippen LogP contribution is -2.32. The summed E-state index contributed by atoms with van der Waals surface area (Å²) in [5.41, 5.74) is 6.57. The molecule has 0 saturated heterocycles. The number of nitrogen functional groups attached to an aromatic ring is 1. The largest absolute Gasteiger partial charge is 0.483 e. The molecule has 5 rings (SSSR count). The Labute approximate surface area is 213 Å². The van der Waals surface area contributed by atoms with Crippen LogP contribution in [0.2, 0.25) is 0 Å². The van der Waals surface area contributed by atoms with Crippen LogP contribution in [0, 0.1) is 0 Å². The van der Waals surface area contributed by atoms with Crippen LogP contribution in [0.25, 0.3) is 22.1 Å². The van der Waals surface area contributed by atoms with Crippen LogP contribution in [0.4, 0.5) is 19.0 Å². The maximum absolute atomic E-state index is 13.8. The van der Waals surface area contributed by atoms with Crippen molar-refractivity contribution in [3.05, 3.63) is 94.7 Å². The molecule has 0 fully saturated rings.